The smallest absolute Gasteiger partial charge is 0.246 e. The van der Waals surface area contributed by atoms with E-state index in [1.54, 1.807) is 4.90 Å². The molecule has 0 aromatic heterocycles. The van der Waals surface area contributed by atoms with E-state index in [0.717, 1.165) is 11.3 Å². The highest BCUT2D eigenvalue weighted by Gasteiger charge is 2.26. The zero-order chi connectivity index (χ0) is 13.1. The van der Waals surface area contributed by atoms with Gasteiger partial charge in [0.05, 0.1) is 0 Å². The number of aryl methyl sites for hydroxylation is 1. The van der Waals surface area contributed by atoms with Crippen LogP contribution in [0.2, 0.25) is 0 Å². The molecular formula is C14H16N2O2. The summed E-state index contributed by atoms with van der Waals surface area (Å²) in [6.45, 7) is 6.64. The van der Waals surface area contributed by atoms with Gasteiger partial charge in [0, 0.05) is 18.8 Å². The number of hydrogen-bond donors (Lipinski definition) is 0. The van der Waals surface area contributed by atoms with Crippen LogP contribution in [0.5, 0.6) is 0 Å². The average Bonchev–Trinajstić information content (AvgIpc) is 2.39. The van der Waals surface area contributed by atoms with Crippen LogP contribution in [0.4, 0.5) is 5.69 Å². The summed E-state index contributed by atoms with van der Waals surface area (Å²) in [4.78, 5) is 26.7. The number of benzene rings is 1. The van der Waals surface area contributed by atoms with Crippen molar-refractivity contribution in [2.24, 2.45) is 0 Å². The third-order valence-electron chi connectivity index (χ3n) is 3.05. The Labute approximate surface area is 106 Å². The van der Waals surface area contributed by atoms with E-state index in [9.17, 15) is 9.59 Å². The zero-order valence-electron chi connectivity index (χ0n) is 10.4. The first kappa shape index (κ1) is 12.4. The van der Waals surface area contributed by atoms with Gasteiger partial charge in [-0.05, 0) is 25.1 Å². The van der Waals surface area contributed by atoms with Crippen LogP contribution < -0.4 is 4.90 Å². The van der Waals surface area contributed by atoms with E-state index >= 15 is 0 Å². The summed E-state index contributed by atoms with van der Waals surface area (Å²) in [5.41, 5.74) is 2.04. The van der Waals surface area contributed by atoms with Gasteiger partial charge in [0.25, 0.3) is 0 Å². The Morgan fingerprint density at radius 3 is 2.50 bits per heavy atom. The quantitative estimate of drug-likeness (QED) is 0.737. The summed E-state index contributed by atoms with van der Waals surface area (Å²) in [6.07, 6.45) is 1.24. The lowest BCUT2D eigenvalue weighted by molar-refractivity contribution is -0.133. The van der Waals surface area contributed by atoms with Gasteiger partial charge in [0.1, 0.15) is 6.54 Å². The van der Waals surface area contributed by atoms with Crippen LogP contribution in [-0.2, 0) is 9.59 Å². The number of amides is 2. The van der Waals surface area contributed by atoms with Gasteiger partial charge in [-0.25, -0.2) is 0 Å². The third kappa shape index (κ3) is 2.42. The molecule has 1 aliphatic rings. The fraction of sp³-hybridized carbons (Fsp3) is 0.286. The molecule has 18 heavy (non-hydrogen) atoms. The van der Waals surface area contributed by atoms with Gasteiger partial charge in [-0.15, -0.1) is 0 Å². The van der Waals surface area contributed by atoms with Crippen molar-refractivity contribution < 1.29 is 9.59 Å². The van der Waals surface area contributed by atoms with Crippen molar-refractivity contribution in [3.63, 3.8) is 0 Å². The SMILES string of the molecule is C=CC(=O)N1CCN(c2ccc(C)cc2)C(=O)C1. The summed E-state index contributed by atoms with van der Waals surface area (Å²) in [6, 6.07) is 7.81. The van der Waals surface area contributed by atoms with Crippen LogP contribution in [-0.4, -0.2) is 36.3 Å². The third-order valence-corrected chi connectivity index (χ3v) is 3.05. The van der Waals surface area contributed by atoms with Gasteiger partial charge in [-0.2, -0.15) is 0 Å². The van der Waals surface area contributed by atoms with Crippen molar-refractivity contribution in [3.05, 3.63) is 42.5 Å². The molecule has 0 saturated carbocycles. The highest BCUT2D eigenvalue weighted by molar-refractivity contribution is 5.99. The maximum Gasteiger partial charge on any atom is 0.246 e. The van der Waals surface area contributed by atoms with Crippen molar-refractivity contribution >= 4 is 17.5 Å². The number of carbonyl (C=O) groups excluding carboxylic acids is 2. The monoisotopic (exact) mass is 244 g/mol. The zero-order valence-corrected chi connectivity index (χ0v) is 10.4. The normalized spacial score (nSPS) is 15.7. The molecule has 2 rings (SSSR count). The molecule has 0 N–H and O–H groups in total. The number of hydrogen-bond acceptors (Lipinski definition) is 2. The van der Waals surface area contributed by atoms with E-state index in [1.165, 1.54) is 11.0 Å². The molecule has 4 nitrogen and oxygen atoms in total. The maximum atomic E-state index is 12.0. The summed E-state index contributed by atoms with van der Waals surface area (Å²) >= 11 is 0. The molecule has 1 heterocycles. The molecule has 1 saturated heterocycles. The molecule has 0 unspecified atom stereocenters. The fourth-order valence-electron chi connectivity index (χ4n) is 1.99. The topological polar surface area (TPSA) is 40.6 Å². The predicted octanol–water partition coefficient (Wildman–Crippen LogP) is 1.36. The Morgan fingerprint density at radius 1 is 1.28 bits per heavy atom. The van der Waals surface area contributed by atoms with Gasteiger partial charge in [0.15, 0.2) is 0 Å². The first-order valence-electron chi connectivity index (χ1n) is 5.90. The molecule has 0 aliphatic carbocycles. The van der Waals surface area contributed by atoms with Crippen LogP contribution in [0.3, 0.4) is 0 Å². The van der Waals surface area contributed by atoms with Crippen molar-refractivity contribution in [2.45, 2.75) is 6.92 Å². The molecule has 1 fully saturated rings. The Bertz CT molecular complexity index is 479. The molecule has 1 aliphatic heterocycles. The average molecular weight is 244 g/mol. The molecule has 94 valence electrons. The van der Waals surface area contributed by atoms with Gasteiger partial charge >= 0.3 is 0 Å². The van der Waals surface area contributed by atoms with E-state index in [-0.39, 0.29) is 18.4 Å². The van der Waals surface area contributed by atoms with Crippen LogP contribution in [0.1, 0.15) is 5.56 Å². The number of carbonyl (C=O) groups is 2. The molecule has 0 spiro atoms. The second kappa shape index (κ2) is 5.04. The Hall–Kier alpha value is -2.10. The summed E-state index contributed by atoms with van der Waals surface area (Å²) in [5.74, 6) is -0.243. The minimum absolute atomic E-state index is 0.0553. The van der Waals surface area contributed by atoms with Crippen LogP contribution in [0.15, 0.2) is 36.9 Å². The van der Waals surface area contributed by atoms with Crippen molar-refractivity contribution in [1.29, 1.82) is 0 Å². The summed E-state index contributed by atoms with van der Waals surface area (Å²) < 4.78 is 0. The second-order valence-corrected chi connectivity index (χ2v) is 4.34. The number of piperazine rings is 1. The standard InChI is InChI=1S/C14H16N2O2/c1-3-13(17)15-8-9-16(14(18)10-15)12-6-4-11(2)5-7-12/h3-7H,1,8-10H2,2H3. The first-order valence-corrected chi connectivity index (χ1v) is 5.90. The van der Waals surface area contributed by atoms with Crippen LogP contribution >= 0.6 is 0 Å². The minimum Gasteiger partial charge on any atom is -0.328 e. The Balaban J connectivity index is 2.10. The van der Waals surface area contributed by atoms with Gasteiger partial charge in [-0.3, -0.25) is 9.59 Å². The fourth-order valence-corrected chi connectivity index (χ4v) is 1.99. The van der Waals surface area contributed by atoms with Gasteiger partial charge in [-0.1, -0.05) is 24.3 Å². The van der Waals surface area contributed by atoms with Gasteiger partial charge < -0.3 is 9.80 Å². The highest BCUT2D eigenvalue weighted by Crippen LogP contribution is 2.18. The number of anilines is 1. The van der Waals surface area contributed by atoms with Crippen molar-refractivity contribution in [2.75, 3.05) is 24.5 Å². The van der Waals surface area contributed by atoms with Crippen molar-refractivity contribution in [1.82, 2.24) is 4.90 Å². The van der Waals surface area contributed by atoms with Crippen LogP contribution in [0.25, 0.3) is 0 Å². The summed E-state index contributed by atoms with van der Waals surface area (Å²) in [7, 11) is 0. The van der Waals surface area contributed by atoms with E-state index in [0.29, 0.717) is 13.1 Å². The molecule has 0 radical (unpaired) electrons. The predicted molar refractivity (Wildman–Crippen MR) is 70.3 cm³/mol. The molecule has 1 aromatic rings. The Morgan fingerprint density at radius 2 is 1.94 bits per heavy atom. The lowest BCUT2D eigenvalue weighted by Crippen LogP contribution is -2.52. The first-order chi connectivity index (χ1) is 8.61. The Kier molecular flexibility index (Phi) is 3.46. The largest absolute Gasteiger partial charge is 0.328 e. The van der Waals surface area contributed by atoms with Gasteiger partial charge in [0.2, 0.25) is 11.8 Å². The molecule has 1 aromatic carbocycles. The molecule has 4 heteroatoms. The van der Waals surface area contributed by atoms with E-state index in [1.807, 2.05) is 31.2 Å². The lowest BCUT2D eigenvalue weighted by atomic mass is 10.2. The second-order valence-electron chi connectivity index (χ2n) is 4.34. The molecule has 0 atom stereocenters. The van der Waals surface area contributed by atoms with E-state index in [4.69, 9.17) is 0 Å². The number of nitrogens with zero attached hydrogens (tertiary/aromatic N) is 2. The molecule has 2 amide bonds. The van der Waals surface area contributed by atoms with E-state index < -0.39 is 0 Å². The summed E-state index contributed by atoms with van der Waals surface area (Å²) in [5, 5.41) is 0. The van der Waals surface area contributed by atoms with Crippen molar-refractivity contribution in [3.8, 4) is 0 Å². The van der Waals surface area contributed by atoms with E-state index in [2.05, 4.69) is 6.58 Å². The van der Waals surface area contributed by atoms with Crippen LogP contribution in [0, 0.1) is 6.92 Å². The number of rotatable bonds is 2. The maximum absolute atomic E-state index is 12.0. The lowest BCUT2D eigenvalue weighted by Gasteiger charge is -2.33. The molecule has 0 bridgehead atoms. The highest BCUT2D eigenvalue weighted by atomic mass is 16.2. The minimum atomic E-state index is -0.188. The molecular weight excluding hydrogens is 228 g/mol.